The molecule has 0 aromatic heterocycles. The number of amidine groups is 1. The van der Waals surface area contributed by atoms with Crippen molar-refractivity contribution in [3.8, 4) is 0 Å². The summed E-state index contributed by atoms with van der Waals surface area (Å²) in [6, 6.07) is 7.88. The molecule has 4 heteroatoms. The van der Waals surface area contributed by atoms with Crippen molar-refractivity contribution in [2.75, 3.05) is 18.5 Å². The van der Waals surface area contributed by atoms with E-state index < -0.39 is 0 Å². The average molecular weight is 189 g/mol. The van der Waals surface area contributed by atoms with Crippen LogP contribution in [0, 0.1) is 0 Å². The van der Waals surface area contributed by atoms with E-state index in [4.69, 9.17) is 10.5 Å². The van der Waals surface area contributed by atoms with Crippen LogP contribution in [0.5, 0.6) is 0 Å². The molecule has 0 unspecified atom stereocenters. The first-order chi connectivity index (χ1) is 6.80. The Kier molecular flexibility index (Phi) is 1.39. The van der Waals surface area contributed by atoms with Crippen LogP contribution in [-0.4, -0.2) is 24.6 Å². The van der Waals surface area contributed by atoms with Gasteiger partial charge in [0.25, 0.3) is 0 Å². The number of nitrogens with two attached hydrogens (primary N) is 1. The summed E-state index contributed by atoms with van der Waals surface area (Å²) in [4.78, 5) is 4.37. The van der Waals surface area contributed by atoms with Crippen LogP contribution in [0.3, 0.4) is 0 Å². The van der Waals surface area contributed by atoms with E-state index in [2.05, 4.69) is 10.3 Å². The van der Waals surface area contributed by atoms with Crippen LogP contribution in [0.25, 0.3) is 0 Å². The monoisotopic (exact) mass is 189 g/mol. The van der Waals surface area contributed by atoms with Crippen LogP contribution in [0.4, 0.5) is 11.4 Å². The van der Waals surface area contributed by atoms with Crippen LogP contribution < -0.4 is 11.1 Å². The smallest absolute Gasteiger partial charge is 0.142 e. The number of hydrogen-bond acceptors (Lipinski definition) is 4. The standard InChI is InChI=1S/C10H11N3O/c11-9-10(5-14-6-10)13-8-4-2-1-3-7(8)12-9/h1-4,13H,5-6H2,(H2,11,12). The molecule has 1 aromatic carbocycles. The van der Waals surface area contributed by atoms with Crippen LogP contribution in [0.1, 0.15) is 0 Å². The molecule has 3 rings (SSSR count). The second-order valence-corrected chi connectivity index (χ2v) is 3.71. The molecule has 1 saturated heterocycles. The number of ether oxygens (including phenoxy) is 1. The molecule has 0 atom stereocenters. The van der Waals surface area contributed by atoms with Crippen LogP contribution >= 0.6 is 0 Å². The molecule has 72 valence electrons. The van der Waals surface area contributed by atoms with E-state index in [1.54, 1.807) is 0 Å². The SMILES string of the molecule is NC1=Nc2ccccc2NC12COC2. The molecule has 1 spiro atoms. The second kappa shape index (κ2) is 2.48. The number of anilines is 1. The number of para-hydroxylation sites is 2. The summed E-state index contributed by atoms with van der Waals surface area (Å²) in [6.45, 7) is 1.22. The Morgan fingerprint density at radius 2 is 2.14 bits per heavy atom. The van der Waals surface area contributed by atoms with Gasteiger partial charge in [-0.05, 0) is 12.1 Å². The molecule has 0 bridgehead atoms. The zero-order valence-corrected chi connectivity index (χ0v) is 7.66. The Bertz CT molecular complexity index is 410. The Morgan fingerprint density at radius 1 is 1.36 bits per heavy atom. The van der Waals surface area contributed by atoms with Crippen LogP contribution in [-0.2, 0) is 4.74 Å². The molecule has 14 heavy (non-hydrogen) atoms. The highest BCUT2D eigenvalue weighted by atomic mass is 16.5. The third kappa shape index (κ3) is 0.886. The normalized spacial score (nSPS) is 21.9. The summed E-state index contributed by atoms with van der Waals surface area (Å²) in [7, 11) is 0. The lowest BCUT2D eigenvalue weighted by atomic mass is 9.93. The molecule has 1 aromatic rings. The average Bonchev–Trinajstić information content (AvgIpc) is 2.14. The van der Waals surface area contributed by atoms with Gasteiger partial charge in [-0.25, -0.2) is 4.99 Å². The van der Waals surface area contributed by atoms with Crippen molar-refractivity contribution in [1.82, 2.24) is 0 Å². The summed E-state index contributed by atoms with van der Waals surface area (Å²) in [6.07, 6.45) is 0. The Balaban J connectivity index is 2.09. The van der Waals surface area contributed by atoms with Gasteiger partial charge in [-0.3, -0.25) is 0 Å². The summed E-state index contributed by atoms with van der Waals surface area (Å²) in [5.74, 6) is 0.627. The first kappa shape index (κ1) is 7.82. The van der Waals surface area contributed by atoms with Crippen LogP contribution in [0.15, 0.2) is 29.3 Å². The number of aliphatic imine (C=N–C) groups is 1. The third-order valence-electron chi connectivity index (χ3n) is 2.71. The molecule has 2 heterocycles. The molecule has 0 radical (unpaired) electrons. The van der Waals surface area contributed by atoms with Gasteiger partial charge in [0.05, 0.1) is 24.6 Å². The highest BCUT2D eigenvalue weighted by Crippen LogP contribution is 2.35. The molecule has 1 fully saturated rings. The molecular formula is C10H11N3O. The van der Waals surface area contributed by atoms with Crippen molar-refractivity contribution in [2.24, 2.45) is 10.7 Å². The van der Waals surface area contributed by atoms with Gasteiger partial charge < -0.3 is 15.8 Å². The van der Waals surface area contributed by atoms with Crippen molar-refractivity contribution in [2.45, 2.75) is 5.54 Å². The van der Waals surface area contributed by atoms with Gasteiger partial charge in [0.15, 0.2) is 0 Å². The third-order valence-corrected chi connectivity index (χ3v) is 2.71. The molecule has 2 aliphatic heterocycles. The van der Waals surface area contributed by atoms with Gasteiger partial charge in [0.1, 0.15) is 11.4 Å². The first-order valence-electron chi connectivity index (χ1n) is 4.60. The molecule has 0 saturated carbocycles. The zero-order chi connectivity index (χ0) is 9.60. The maximum atomic E-state index is 5.90. The maximum Gasteiger partial charge on any atom is 0.142 e. The lowest BCUT2D eigenvalue weighted by Gasteiger charge is -2.44. The summed E-state index contributed by atoms with van der Waals surface area (Å²) in [5, 5.41) is 3.38. The number of benzene rings is 1. The number of fused-ring (bicyclic) bond motifs is 1. The van der Waals surface area contributed by atoms with Crippen molar-refractivity contribution in [3.63, 3.8) is 0 Å². The van der Waals surface area contributed by atoms with Gasteiger partial charge in [0, 0.05) is 0 Å². The Morgan fingerprint density at radius 3 is 2.86 bits per heavy atom. The van der Waals surface area contributed by atoms with Gasteiger partial charge in [-0.1, -0.05) is 12.1 Å². The van der Waals surface area contributed by atoms with E-state index in [0.717, 1.165) is 11.4 Å². The molecule has 4 nitrogen and oxygen atoms in total. The fourth-order valence-corrected chi connectivity index (χ4v) is 1.76. The molecular weight excluding hydrogens is 178 g/mol. The lowest BCUT2D eigenvalue weighted by molar-refractivity contribution is -0.00812. The predicted molar refractivity (Wildman–Crippen MR) is 54.9 cm³/mol. The quantitative estimate of drug-likeness (QED) is 0.636. The minimum Gasteiger partial charge on any atom is -0.385 e. The minimum absolute atomic E-state index is 0.242. The second-order valence-electron chi connectivity index (χ2n) is 3.71. The highest BCUT2D eigenvalue weighted by molar-refractivity contribution is 6.00. The summed E-state index contributed by atoms with van der Waals surface area (Å²) in [5.41, 5.74) is 7.59. The Labute approximate surface area is 81.8 Å². The van der Waals surface area contributed by atoms with E-state index in [1.807, 2.05) is 24.3 Å². The number of nitrogens with zero attached hydrogens (tertiary/aromatic N) is 1. The van der Waals surface area contributed by atoms with Crippen molar-refractivity contribution >= 4 is 17.2 Å². The lowest BCUT2D eigenvalue weighted by Crippen LogP contribution is -2.65. The maximum absolute atomic E-state index is 5.90. The van der Waals surface area contributed by atoms with Crippen LogP contribution in [0.2, 0.25) is 0 Å². The van der Waals surface area contributed by atoms with Crippen molar-refractivity contribution in [3.05, 3.63) is 24.3 Å². The summed E-state index contributed by atoms with van der Waals surface area (Å²) >= 11 is 0. The van der Waals surface area contributed by atoms with E-state index in [9.17, 15) is 0 Å². The molecule has 3 N–H and O–H groups in total. The van der Waals surface area contributed by atoms with E-state index in [-0.39, 0.29) is 5.54 Å². The van der Waals surface area contributed by atoms with Gasteiger partial charge >= 0.3 is 0 Å². The van der Waals surface area contributed by atoms with E-state index in [1.165, 1.54) is 0 Å². The predicted octanol–water partition coefficient (Wildman–Crippen LogP) is 0.870. The molecule has 2 aliphatic rings. The number of hydrogen-bond donors (Lipinski definition) is 2. The van der Waals surface area contributed by atoms with Gasteiger partial charge in [-0.2, -0.15) is 0 Å². The number of rotatable bonds is 0. The molecule has 0 amide bonds. The summed E-state index contributed by atoms with van der Waals surface area (Å²) < 4.78 is 5.18. The first-order valence-corrected chi connectivity index (χ1v) is 4.60. The fourth-order valence-electron chi connectivity index (χ4n) is 1.76. The fraction of sp³-hybridized carbons (Fsp3) is 0.300. The topological polar surface area (TPSA) is 59.6 Å². The zero-order valence-electron chi connectivity index (χ0n) is 7.66. The highest BCUT2D eigenvalue weighted by Gasteiger charge is 2.44. The van der Waals surface area contributed by atoms with Crippen molar-refractivity contribution < 1.29 is 4.74 Å². The Hall–Kier alpha value is -1.55. The largest absolute Gasteiger partial charge is 0.385 e. The molecule has 0 aliphatic carbocycles. The van der Waals surface area contributed by atoms with E-state index in [0.29, 0.717) is 19.0 Å². The van der Waals surface area contributed by atoms with Gasteiger partial charge in [-0.15, -0.1) is 0 Å². The van der Waals surface area contributed by atoms with Crippen molar-refractivity contribution in [1.29, 1.82) is 0 Å². The number of nitrogens with one attached hydrogen (secondary N) is 1. The minimum atomic E-state index is -0.242. The van der Waals surface area contributed by atoms with E-state index >= 15 is 0 Å². The van der Waals surface area contributed by atoms with Gasteiger partial charge in [0.2, 0.25) is 0 Å².